The normalized spacial score (nSPS) is 10.2. The van der Waals surface area contributed by atoms with E-state index in [1.165, 1.54) is 5.56 Å². The quantitative estimate of drug-likeness (QED) is 0.814. The van der Waals surface area contributed by atoms with Crippen LogP contribution in [0.4, 0.5) is 5.13 Å². The van der Waals surface area contributed by atoms with Gasteiger partial charge in [0.15, 0.2) is 0 Å². The average molecular weight is 249 g/mol. The van der Waals surface area contributed by atoms with Crippen LogP contribution < -0.4 is 9.64 Å². The maximum absolute atomic E-state index is 5.13. The highest BCUT2D eigenvalue weighted by molar-refractivity contribution is 7.13. The van der Waals surface area contributed by atoms with Crippen molar-refractivity contribution in [3.8, 4) is 5.75 Å². The van der Waals surface area contributed by atoms with Crippen LogP contribution in [0.1, 0.15) is 5.56 Å². The third-order valence-electron chi connectivity index (χ3n) is 2.57. The Labute approximate surface area is 105 Å². The zero-order valence-corrected chi connectivity index (χ0v) is 10.8. The minimum Gasteiger partial charge on any atom is -0.497 e. The number of anilines is 1. The standard InChI is InChI=1S/C12H15N3OS/c1-15(12-14-13-9-17-12)8-7-10-3-5-11(16-2)6-4-10/h3-6,9H,7-8H2,1-2H3. The lowest BCUT2D eigenvalue weighted by atomic mass is 10.1. The maximum Gasteiger partial charge on any atom is 0.207 e. The van der Waals surface area contributed by atoms with E-state index in [1.54, 1.807) is 24.0 Å². The van der Waals surface area contributed by atoms with Gasteiger partial charge in [0.1, 0.15) is 11.3 Å². The molecule has 0 N–H and O–H groups in total. The van der Waals surface area contributed by atoms with E-state index in [-0.39, 0.29) is 0 Å². The second-order valence-corrected chi connectivity index (χ2v) is 4.55. The fraction of sp³-hybridized carbons (Fsp3) is 0.333. The summed E-state index contributed by atoms with van der Waals surface area (Å²) >= 11 is 1.56. The van der Waals surface area contributed by atoms with E-state index in [2.05, 4.69) is 27.2 Å². The third-order valence-corrected chi connectivity index (χ3v) is 3.37. The first kappa shape index (κ1) is 11.9. The second-order valence-electron chi connectivity index (χ2n) is 3.74. The van der Waals surface area contributed by atoms with E-state index in [0.717, 1.165) is 23.8 Å². The molecule has 2 aromatic rings. The Morgan fingerprint density at radius 2 is 2.06 bits per heavy atom. The number of methoxy groups -OCH3 is 1. The zero-order chi connectivity index (χ0) is 12.1. The summed E-state index contributed by atoms with van der Waals surface area (Å²) in [6.45, 7) is 0.932. The molecule has 0 radical (unpaired) electrons. The van der Waals surface area contributed by atoms with Gasteiger partial charge in [0, 0.05) is 13.6 Å². The lowest BCUT2D eigenvalue weighted by Gasteiger charge is -2.14. The lowest BCUT2D eigenvalue weighted by Crippen LogP contribution is -2.20. The molecule has 4 nitrogen and oxygen atoms in total. The monoisotopic (exact) mass is 249 g/mol. The van der Waals surface area contributed by atoms with Crippen molar-refractivity contribution in [3.63, 3.8) is 0 Å². The molecule has 0 aliphatic carbocycles. The van der Waals surface area contributed by atoms with Gasteiger partial charge < -0.3 is 9.64 Å². The molecule has 0 aliphatic heterocycles. The first-order valence-electron chi connectivity index (χ1n) is 5.40. The summed E-state index contributed by atoms with van der Waals surface area (Å²) in [7, 11) is 3.71. The van der Waals surface area contributed by atoms with Crippen LogP contribution in [0.25, 0.3) is 0 Å². The average Bonchev–Trinajstić information content (AvgIpc) is 2.90. The Balaban J connectivity index is 1.89. The van der Waals surface area contributed by atoms with Gasteiger partial charge in [0.25, 0.3) is 0 Å². The number of hydrogen-bond acceptors (Lipinski definition) is 5. The van der Waals surface area contributed by atoms with Crippen molar-refractivity contribution in [2.24, 2.45) is 0 Å². The molecule has 17 heavy (non-hydrogen) atoms. The molecule has 0 bridgehead atoms. The molecule has 2 rings (SSSR count). The van der Waals surface area contributed by atoms with Gasteiger partial charge in [0.05, 0.1) is 7.11 Å². The van der Waals surface area contributed by atoms with Crippen molar-refractivity contribution >= 4 is 16.5 Å². The van der Waals surface area contributed by atoms with Gasteiger partial charge in [-0.05, 0) is 24.1 Å². The third kappa shape index (κ3) is 3.17. The number of hydrogen-bond donors (Lipinski definition) is 0. The molecule has 0 saturated heterocycles. The van der Waals surface area contributed by atoms with Gasteiger partial charge in [-0.3, -0.25) is 0 Å². The van der Waals surface area contributed by atoms with E-state index in [0.29, 0.717) is 0 Å². The van der Waals surface area contributed by atoms with E-state index in [9.17, 15) is 0 Å². The summed E-state index contributed by atoms with van der Waals surface area (Å²) < 4.78 is 5.13. The van der Waals surface area contributed by atoms with Gasteiger partial charge in [-0.1, -0.05) is 23.5 Å². The lowest BCUT2D eigenvalue weighted by molar-refractivity contribution is 0.414. The first-order chi connectivity index (χ1) is 8.29. The predicted octanol–water partition coefficient (Wildman–Crippen LogP) is 2.23. The summed E-state index contributed by atoms with van der Waals surface area (Å²) in [5, 5.41) is 8.82. The molecule has 1 aromatic heterocycles. The van der Waals surface area contributed by atoms with Crippen molar-refractivity contribution in [3.05, 3.63) is 35.3 Å². The fourth-order valence-corrected chi connectivity index (χ4v) is 2.07. The largest absolute Gasteiger partial charge is 0.497 e. The first-order valence-corrected chi connectivity index (χ1v) is 6.28. The van der Waals surface area contributed by atoms with Crippen molar-refractivity contribution in [2.75, 3.05) is 25.6 Å². The molecule has 0 unspecified atom stereocenters. The Morgan fingerprint density at radius 3 is 2.65 bits per heavy atom. The van der Waals surface area contributed by atoms with Crippen molar-refractivity contribution in [1.29, 1.82) is 0 Å². The number of aromatic nitrogens is 2. The Hall–Kier alpha value is -1.62. The molecule has 0 atom stereocenters. The van der Waals surface area contributed by atoms with Crippen LogP contribution in [0.15, 0.2) is 29.8 Å². The van der Waals surface area contributed by atoms with E-state index < -0.39 is 0 Å². The molecule has 0 fully saturated rings. The summed E-state index contributed by atoms with van der Waals surface area (Å²) in [4.78, 5) is 2.11. The van der Waals surface area contributed by atoms with Gasteiger partial charge in [-0.2, -0.15) is 0 Å². The predicted molar refractivity (Wildman–Crippen MR) is 69.9 cm³/mol. The highest BCUT2D eigenvalue weighted by atomic mass is 32.1. The number of likely N-dealkylation sites (N-methyl/N-ethyl adjacent to an activating group) is 1. The Kier molecular flexibility index (Phi) is 3.93. The molecule has 0 spiro atoms. The summed E-state index contributed by atoms with van der Waals surface area (Å²) in [5.74, 6) is 0.895. The van der Waals surface area contributed by atoms with E-state index in [4.69, 9.17) is 4.74 Å². The fourth-order valence-electron chi connectivity index (χ4n) is 1.52. The molecule has 0 amide bonds. The van der Waals surface area contributed by atoms with E-state index >= 15 is 0 Å². The smallest absolute Gasteiger partial charge is 0.207 e. The number of ether oxygens (including phenoxy) is 1. The molecule has 5 heteroatoms. The van der Waals surface area contributed by atoms with Crippen LogP contribution in [0.3, 0.4) is 0 Å². The minimum atomic E-state index is 0.895. The van der Waals surface area contributed by atoms with Crippen molar-refractivity contribution in [1.82, 2.24) is 10.2 Å². The number of rotatable bonds is 5. The zero-order valence-electron chi connectivity index (χ0n) is 9.96. The van der Waals surface area contributed by atoms with Crippen LogP contribution in [-0.2, 0) is 6.42 Å². The molecule has 1 aromatic carbocycles. The highest BCUT2D eigenvalue weighted by Crippen LogP contribution is 2.15. The van der Waals surface area contributed by atoms with Crippen LogP contribution in [0, 0.1) is 0 Å². The Morgan fingerprint density at radius 1 is 1.29 bits per heavy atom. The molecule has 90 valence electrons. The van der Waals surface area contributed by atoms with Crippen LogP contribution in [0.5, 0.6) is 5.75 Å². The van der Waals surface area contributed by atoms with Crippen molar-refractivity contribution < 1.29 is 4.74 Å². The SMILES string of the molecule is COc1ccc(CCN(C)c2nncs2)cc1. The van der Waals surface area contributed by atoms with Gasteiger partial charge in [0.2, 0.25) is 5.13 Å². The van der Waals surface area contributed by atoms with Gasteiger partial charge in [-0.15, -0.1) is 10.2 Å². The number of nitrogens with zero attached hydrogens (tertiary/aromatic N) is 3. The second kappa shape index (κ2) is 5.63. The van der Waals surface area contributed by atoms with Gasteiger partial charge >= 0.3 is 0 Å². The molecule has 1 heterocycles. The summed E-state index contributed by atoms with van der Waals surface area (Å²) in [5.41, 5.74) is 3.04. The van der Waals surface area contributed by atoms with Gasteiger partial charge in [-0.25, -0.2) is 0 Å². The Bertz CT molecular complexity index is 441. The molecule has 0 aliphatic rings. The van der Waals surface area contributed by atoms with Crippen molar-refractivity contribution in [2.45, 2.75) is 6.42 Å². The highest BCUT2D eigenvalue weighted by Gasteiger charge is 2.04. The molecular formula is C12H15N3OS. The summed E-state index contributed by atoms with van der Waals surface area (Å²) in [6, 6.07) is 8.15. The molecular weight excluding hydrogens is 234 g/mol. The molecule has 0 saturated carbocycles. The van der Waals surface area contributed by atoms with Crippen LogP contribution >= 0.6 is 11.3 Å². The topological polar surface area (TPSA) is 38.2 Å². The summed E-state index contributed by atoms with van der Waals surface area (Å²) in [6.07, 6.45) is 0.986. The van der Waals surface area contributed by atoms with Crippen LogP contribution in [-0.4, -0.2) is 30.9 Å². The van der Waals surface area contributed by atoms with Crippen LogP contribution in [0.2, 0.25) is 0 Å². The minimum absolute atomic E-state index is 0.895. The van der Waals surface area contributed by atoms with E-state index in [1.807, 2.05) is 19.2 Å². The maximum atomic E-state index is 5.13. The number of benzene rings is 1.